The molecule has 0 bridgehead atoms. The Hall–Kier alpha value is -2.33. The molecule has 1 aliphatic rings. The smallest absolute Gasteiger partial charge is 0.273 e. The van der Waals surface area contributed by atoms with E-state index in [4.69, 9.17) is 4.74 Å². The average Bonchev–Trinajstić information content (AvgIpc) is 2.69. The topological polar surface area (TPSA) is 102 Å². The van der Waals surface area contributed by atoms with Crippen LogP contribution >= 0.6 is 0 Å². The molecular formula is C19H23N3O5S. The maximum absolute atomic E-state index is 12.9. The van der Waals surface area contributed by atoms with Crippen LogP contribution in [0.15, 0.2) is 53.4 Å². The molecule has 1 heterocycles. The summed E-state index contributed by atoms with van der Waals surface area (Å²) in [5, 5.41) is 11.1. The highest BCUT2D eigenvalue weighted by Gasteiger charge is 2.27. The van der Waals surface area contributed by atoms with Crippen LogP contribution in [-0.2, 0) is 14.8 Å². The minimum absolute atomic E-state index is 0.0736. The summed E-state index contributed by atoms with van der Waals surface area (Å²) >= 11 is 0. The lowest BCUT2D eigenvalue weighted by molar-refractivity contribution is -0.385. The van der Waals surface area contributed by atoms with Crippen LogP contribution in [-0.4, -0.2) is 51.1 Å². The third kappa shape index (κ3) is 4.56. The molecule has 8 nitrogen and oxygen atoms in total. The molecule has 150 valence electrons. The van der Waals surface area contributed by atoms with Gasteiger partial charge in [-0.2, -0.15) is 0 Å². The molecule has 1 aliphatic heterocycles. The van der Waals surface area contributed by atoms with Gasteiger partial charge in [-0.1, -0.05) is 36.4 Å². The van der Waals surface area contributed by atoms with Gasteiger partial charge in [0.05, 0.1) is 23.0 Å². The van der Waals surface area contributed by atoms with Gasteiger partial charge in [-0.25, -0.2) is 13.1 Å². The van der Waals surface area contributed by atoms with E-state index in [0.29, 0.717) is 26.3 Å². The minimum atomic E-state index is -3.90. The van der Waals surface area contributed by atoms with Crippen molar-refractivity contribution < 1.29 is 18.1 Å². The molecule has 1 N–H and O–H groups in total. The van der Waals surface area contributed by atoms with Gasteiger partial charge in [0, 0.05) is 37.3 Å². The van der Waals surface area contributed by atoms with Gasteiger partial charge in [-0.15, -0.1) is 0 Å². The van der Waals surface area contributed by atoms with Crippen molar-refractivity contribution in [1.29, 1.82) is 0 Å². The highest BCUT2D eigenvalue weighted by atomic mass is 32.2. The summed E-state index contributed by atoms with van der Waals surface area (Å²) in [6, 6.07) is 13.6. The third-order valence-electron chi connectivity index (χ3n) is 4.88. The molecule has 3 rings (SSSR count). The van der Waals surface area contributed by atoms with Crippen LogP contribution < -0.4 is 4.72 Å². The molecule has 2 aromatic rings. The first-order chi connectivity index (χ1) is 13.4. The van der Waals surface area contributed by atoms with Crippen LogP contribution in [0, 0.1) is 17.0 Å². The summed E-state index contributed by atoms with van der Waals surface area (Å²) in [5.74, 6) is 0. The van der Waals surface area contributed by atoms with Crippen molar-refractivity contribution in [2.45, 2.75) is 17.9 Å². The van der Waals surface area contributed by atoms with Gasteiger partial charge < -0.3 is 4.74 Å². The molecule has 0 aliphatic carbocycles. The number of hydrogen-bond donors (Lipinski definition) is 1. The lowest BCUT2D eigenvalue weighted by Gasteiger charge is -2.34. The van der Waals surface area contributed by atoms with Gasteiger partial charge in [0.2, 0.25) is 10.0 Å². The van der Waals surface area contributed by atoms with Crippen molar-refractivity contribution in [2.24, 2.45) is 0 Å². The lowest BCUT2D eigenvalue weighted by Crippen LogP contribution is -2.43. The van der Waals surface area contributed by atoms with Crippen molar-refractivity contribution in [3.8, 4) is 0 Å². The summed E-state index contributed by atoms with van der Waals surface area (Å²) in [5.41, 5.74) is 0.918. The quantitative estimate of drug-likeness (QED) is 0.560. The van der Waals surface area contributed by atoms with E-state index in [2.05, 4.69) is 9.62 Å². The molecule has 1 unspecified atom stereocenters. The van der Waals surface area contributed by atoms with Crippen molar-refractivity contribution >= 4 is 15.7 Å². The predicted molar refractivity (Wildman–Crippen MR) is 105 cm³/mol. The van der Waals surface area contributed by atoms with Gasteiger partial charge in [0.15, 0.2) is 0 Å². The van der Waals surface area contributed by atoms with Crippen molar-refractivity contribution in [3.05, 3.63) is 69.8 Å². The highest BCUT2D eigenvalue weighted by molar-refractivity contribution is 7.89. The number of nitrogens with zero attached hydrogens (tertiary/aromatic N) is 2. The summed E-state index contributed by atoms with van der Waals surface area (Å²) < 4.78 is 33.8. The SMILES string of the molecule is Cc1c([N+](=O)[O-])cccc1S(=O)(=O)NCC(c1ccccc1)N1CCOCC1. The van der Waals surface area contributed by atoms with Gasteiger partial charge in [0.25, 0.3) is 5.69 Å². The Morgan fingerprint density at radius 1 is 1.14 bits per heavy atom. The second-order valence-corrected chi connectivity index (χ2v) is 8.32. The van der Waals surface area contributed by atoms with E-state index in [1.807, 2.05) is 30.3 Å². The number of rotatable bonds is 7. The molecule has 1 fully saturated rings. The van der Waals surface area contributed by atoms with Crippen molar-refractivity contribution in [1.82, 2.24) is 9.62 Å². The van der Waals surface area contributed by atoms with E-state index in [1.165, 1.54) is 25.1 Å². The lowest BCUT2D eigenvalue weighted by atomic mass is 10.1. The van der Waals surface area contributed by atoms with Crippen LogP contribution in [0.25, 0.3) is 0 Å². The van der Waals surface area contributed by atoms with Gasteiger partial charge in [-0.3, -0.25) is 15.0 Å². The normalized spacial score (nSPS) is 16.6. The van der Waals surface area contributed by atoms with Crippen molar-refractivity contribution in [3.63, 3.8) is 0 Å². The van der Waals surface area contributed by atoms with Crippen LogP contribution in [0.5, 0.6) is 0 Å². The van der Waals surface area contributed by atoms with Crippen LogP contribution in [0.3, 0.4) is 0 Å². The first-order valence-electron chi connectivity index (χ1n) is 9.00. The number of nitro groups is 1. The average molecular weight is 405 g/mol. The number of morpholine rings is 1. The summed E-state index contributed by atoms with van der Waals surface area (Å²) in [6.07, 6.45) is 0. The number of ether oxygens (including phenoxy) is 1. The van der Waals surface area contributed by atoms with Crippen molar-refractivity contribution in [2.75, 3.05) is 32.8 Å². The summed E-state index contributed by atoms with van der Waals surface area (Å²) in [6.45, 7) is 4.21. The van der Waals surface area contributed by atoms with E-state index >= 15 is 0 Å². The zero-order valence-corrected chi connectivity index (χ0v) is 16.4. The van der Waals surface area contributed by atoms with E-state index in [0.717, 1.165) is 5.56 Å². The molecule has 9 heteroatoms. The fourth-order valence-corrected chi connectivity index (χ4v) is 4.68. The third-order valence-corrected chi connectivity index (χ3v) is 6.45. The number of hydrogen-bond acceptors (Lipinski definition) is 6. The Morgan fingerprint density at radius 2 is 1.82 bits per heavy atom. The van der Waals surface area contributed by atoms with E-state index in [-0.39, 0.29) is 28.7 Å². The van der Waals surface area contributed by atoms with Crippen LogP contribution in [0.2, 0.25) is 0 Å². The number of sulfonamides is 1. The predicted octanol–water partition coefficient (Wildman–Crippen LogP) is 2.26. The Balaban J connectivity index is 1.84. The first-order valence-corrected chi connectivity index (χ1v) is 10.5. The molecule has 0 amide bonds. The standard InChI is InChI=1S/C19H23N3O5S/c1-15-17(22(23)24)8-5-9-19(15)28(25,26)20-14-18(16-6-3-2-4-7-16)21-10-12-27-13-11-21/h2-9,18,20H,10-14H2,1H3. The number of nitro benzene ring substituents is 1. The Morgan fingerprint density at radius 3 is 2.46 bits per heavy atom. The maximum Gasteiger partial charge on any atom is 0.273 e. The Kier molecular flexibility index (Phi) is 6.40. The van der Waals surface area contributed by atoms with E-state index in [9.17, 15) is 18.5 Å². The summed E-state index contributed by atoms with van der Waals surface area (Å²) in [7, 11) is -3.90. The van der Waals surface area contributed by atoms with Gasteiger partial charge in [-0.05, 0) is 18.6 Å². The molecule has 0 spiro atoms. The fourth-order valence-electron chi connectivity index (χ4n) is 3.38. The Labute approximate surface area is 164 Å². The summed E-state index contributed by atoms with van der Waals surface area (Å²) in [4.78, 5) is 12.7. The van der Waals surface area contributed by atoms with E-state index in [1.54, 1.807) is 0 Å². The minimum Gasteiger partial charge on any atom is -0.379 e. The molecule has 1 saturated heterocycles. The fraction of sp³-hybridized carbons (Fsp3) is 0.368. The highest BCUT2D eigenvalue weighted by Crippen LogP contribution is 2.26. The van der Waals surface area contributed by atoms with Gasteiger partial charge >= 0.3 is 0 Å². The second kappa shape index (κ2) is 8.78. The molecule has 0 saturated carbocycles. The molecule has 0 aromatic heterocycles. The molecule has 28 heavy (non-hydrogen) atoms. The first kappa shape index (κ1) is 20.4. The molecule has 1 atom stereocenters. The van der Waals surface area contributed by atoms with Gasteiger partial charge in [0.1, 0.15) is 0 Å². The maximum atomic E-state index is 12.9. The molecule has 2 aromatic carbocycles. The van der Waals surface area contributed by atoms with Crippen LogP contribution in [0.4, 0.5) is 5.69 Å². The van der Waals surface area contributed by atoms with E-state index < -0.39 is 14.9 Å². The largest absolute Gasteiger partial charge is 0.379 e. The monoisotopic (exact) mass is 405 g/mol. The molecule has 0 radical (unpaired) electrons. The zero-order chi connectivity index (χ0) is 20.1. The number of nitrogens with one attached hydrogen (secondary N) is 1. The molecular weight excluding hydrogens is 382 g/mol. The Bertz CT molecular complexity index is 928. The zero-order valence-electron chi connectivity index (χ0n) is 15.6. The van der Waals surface area contributed by atoms with Crippen LogP contribution in [0.1, 0.15) is 17.2 Å². The number of benzene rings is 2. The second-order valence-electron chi connectivity index (χ2n) is 6.58.